The van der Waals surface area contributed by atoms with Gasteiger partial charge in [-0.1, -0.05) is 23.8 Å². The van der Waals surface area contributed by atoms with Crippen molar-refractivity contribution >= 4 is 5.71 Å². The molecule has 1 spiro atoms. The minimum Gasteiger partial charge on any atom is -0.507 e. The molecule has 2 aromatic carbocycles. The number of para-hydroxylation sites is 1. The number of ether oxygens (including phenoxy) is 2. The smallest absolute Gasteiger partial charge is 0.200 e. The van der Waals surface area contributed by atoms with E-state index in [0.717, 1.165) is 66.3 Å². The normalized spacial score (nSPS) is 22.3. The van der Waals surface area contributed by atoms with Crippen molar-refractivity contribution < 1.29 is 14.6 Å². The first-order valence-corrected chi connectivity index (χ1v) is 10.8. The number of benzene rings is 2. The van der Waals surface area contributed by atoms with E-state index in [1.165, 1.54) is 0 Å². The van der Waals surface area contributed by atoms with Gasteiger partial charge in [0.25, 0.3) is 0 Å². The minimum atomic E-state index is -0.488. The van der Waals surface area contributed by atoms with Crippen LogP contribution in [-0.4, -0.2) is 53.2 Å². The largest absolute Gasteiger partial charge is 0.507 e. The molecule has 5 rings (SSSR count). The fourth-order valence-corrected chi connectivity index (χ4v) is 4.88. The topological polar surface area (TPSA) is 57.5 Å². The summed E-state index contributed by atoms with van der Waals surface area (Å²) in [5, 5.41) is 17.8. The zero-order valence-corrected chi connectivity index (χ0v) is 17.9. The molecular formula is C24H29N3O3. The average Bonchev–Trinajstić information content (AvgIpc) is 3.19. The number of nitrogens with zero attached hydrogens (tertiary/aromatic N) is 3. The maximum atomic E-state index is 10.5. The average molecular weight is 408 g/mol. The number of hydrogen-bond donors (Lipinski definition) is 1. The second-order valence-corrected chi connectivity index (χ2v) is 8.59. The summed E-state index contributed by atoms with van der Waals surface area (Å²) in [6.45, 7) is 6.54. The summed E-state index contributed by atoms with van der Waals surface area (Å²) < 4.78 is 12.7. The molecule has 30 heavy (non-hydrogen) atoms. The third-order valence-electron chi connectivity index (χ3n) is 6.52. The number of hydrogen-bond acceptors (Lipinski definition) is 6. The number of likely N-dealkylation sites (tertiary alicyclic amines) is 1. The summed E-state index contributed by atoms with van der Waals surface area (Å²) in [7, 11) is 2.15. The summed E-state index contributed by atoms with van der Waals surface area (Å²) in [6, 6.07) is 11.9. The Hall–Kier alpha value is -2.73. The van der Waals surface area contributed by atoms with Gasteiger partial charge in [-0.15, -0.1) is 0 Å². The monoisotopic (exact) mass is 407 g/mol. The Kier molecular flexibility index (Phi) is 4.62. The van der Waals surface area contributed by atoms with E-state index in [1.807, 2.05) is 38.1 Å². The quantitative estimate of drug-likeness (QED) is 0.831. The van der Waals surface area contributed by atoms with Crippen LogP contribution in [0.5, 0.6) is 17.2 Å². The summed E-state index contributed by atoms with van der Waals surface area (Å²) in [5.41, 5.74) is 3.46. The summed E-state index contributed by atoms with van der Waals surface area (Å²) in [6.07, 6.45) is 2.48. The zero-order valence-electron chi connectivity index (χ0n) is 17.9. The lowest BCUT2D eigenvalue weighted by molar-refractivity contribution is -0.148. The van der Waals surface area contributed by atoms with Crippen molar-refractivity contribution in [1.82, 2.24) is 9.91 Å². The molecule has 6 heteroatoms. The molecule has 1 fully saturated rings. The number of piperidine rings is 1. The lowest BCUT2D eigenvalue weighted by Gasteiger charge is -2.51. The predicted octanol–water partition coefficient (Wildman–Crippen LogP) is 4.06. The van der Waals surface area contributed by atoms with Gasteiger partial charge in [0.05, 0.1) is 18.4 Å². The van der Waals surface area contributed by atoms with E-state index in [9.17, 15) is 5.11 Å². The van der Waals surface area contributed by atoms with Gasteiger partial charge >= 0.3 is 0 Å². The zero-order chi connectivity index (χ0) is 20.9. The third kappa shape index (κ3) is 3.01. The maximum Gasteiger partial charge on any atom is 0.200 e. The molecule has 3 aliphatic heterocycles. The van der Waals surface area contributed by atoms with Crippen LogP contribution in [0, 0.1) is 6.92 Å². The van der Waals surface area contributed by atoms with E-state index in [0.29, 0.717) is 6.61 Å². The molecular weight excluding hydrogens is 378 g/mol. The van der Waals surface area contributed by atoms with E-state index in [4.69, 9.17) is 14.6 Å². The number of rotatable bonds is 3. The lowest BCUT2D eigenvalue weighted by Crippen LogP contribution is -2.58. The number of aryl methyl sites for hydroxylation is 1. The van der Waals surface area contributed by atoms with Crippen molar-refractivity contribution in [3.63, 3.8) is 0 Å². The van der Waals surface area contributed by atoms with Crippen LogP contribution >= 0.6 is 0 Å². The molecule has 158 valence electrons. The Morgan fingerprint density at radius 2 is 2.03 bits per heavy atom. The van der Waals surface area contributed by atoms with E-state index < -0.39 is 5.72 Å². The van der Waals surface area contributed by atoms with Crippen molar-refractivity contribution in [2.45, 2.75) is 44.9 Å². The Labute approximate surface area is 177 Å². The van der Waals surface area contributed by atoms with E-state index in [-0.39, 0.29) is 11.8 Å². The highest BCUT2D eigenvalue weighted by Crippen LogP contribution is 2.53. The number of fused-ring (bicyclic) bond motifs is 4. The van der Waals surface area contributed by atoms with E-state index >= 15 is 0 Å². The molecule has 0 bridgehead atoms. The summed E-state index contributed by atoms with van der Waals surface area (Å²) >= 11 is 0. The van der Waals surface area contributed by atoms with Gasteiger partial charge in [0.2, 0.25) is 5.72 Å². The molecule has 3 aliphatic rings. The highest BCUT2D eigenvalue weighted by molar-refractivity contribution is 6.04. The fourth-order valence-electron chi connectivity index (χ4n) is 4.88. The Morgan fingerprint density at radius 1 is 1.23 bits per heavy atom. The summed E-state index contributed by atoms with van der Waals surface area (Å²) in [4.78, 5) is 2.33. The van der Waals surface area contributed by atoms with Gasteiger partial charge in [-0.25, -0.2) is 5.01 Å². The molecule has 0 radical (unpaired) electrons. The fraction of sp³-hybridized carbons (Fsp3) is 0.458. The highest BCUT2D eigenvalue weighted by Gasteiger charge is 2.52. The first-order chi connectivity index (χ1) is 14.5. The third-order valence-corrected chi connectivity index (χ3v) is 6.52. The van der Waals surface area contributed by atoms with Gasteiger partial charge in [-0.3, -0.25) is 0 Å². The van der Waals surface area contributed by atoms with Gasteiger partial charge in [0.1, 0.15) is 5.75 Å². The van der Waals surface area contributed by atoms with Gasteiger partial charge in [-0.2, -0.15) is 5.10 Å². The molecule has 0 amide bonds. The van der Waals surface area contributed by atoms with Crippen LogP contribution in [0.15, 0.2) is 41.5 Å². The molecule has 0 unspecified atom stereocenters. The van der Waals surface area contributed by atoms with Crippen LogP contribution in [0.2, 0.25) is 0 Å². The molecule has 6 nitrogen and oxygen atoms in total. The van der Waals surface area contributed by atoms with Crippen molar-refractivity contribution in [2.75, 3.05) is 26.7 Å². The highest BCUT2D eigenvalue weighted by atomic mass is 16.6. The Bertz CT molecular complexity index is 995. The molecule has 2 aromatic rings. The number of phenolic OH excluding ortho intramolecular Hbond substituents is 1. The first kappa shape index (κ1) is 19.2. The lowest BCUT2D eigenvalue weighted by atomic mass is 9.90. The molecule has 0 aromatic heterocycles. The van der Waals surface area contributed by atoms with Crippen LogP contribution < -0.4 is 9.47 Å². The van der Waals surface area contributed by atoms with Crippen LogP contribution in [0.25, 0.3) is 0 Å². The standard InChI is InChI=1S/C24H29N3O3/c1-4-29-22-7-5-6-17-20-15-19(18-14-16(2)8-9-21(18)28)25-27(20)24(30-23(17)22)10-12-26(3)13-11-24/h5-9,14,20,28H,4,10-13,15H2,1-3H3/t20-/m0/s1. The first-order valence-electron chi connectivity index (χ1n) is 10.8. The second kappa shape index (κ2) is 7.20. The molecule has 1 saturated heterocycles. The predicted molar refractivity (Wildman–Crippen MR) is 116 cm³/mol. The van der Waals surface area contributed by atoms with Gasteiger partial charge in [0.15, 0.2) is 11.5 Å². The van der Waals surface area contributed by atoms with Crippen molar-refractivity contribution in [1.29, 1.82) is 0 Å². The van der Waals surface area contributed by atoms with E-state index in [1.54, 1.807) is 6.07 Å². The van der Waals surface area contributed by atoms with Crippen molar-refractivity contribution in [2.24, 2.45) is 5.10 Å². The Balaban J connectivity index is 1.61. The minimum absolute atomic E-state index is 0.0764. The second-order valence-electron chi connectivity index (χ2n) is 8.59. The van der Waals surface area contributed by atoms with Gasteiger partial charge in [0, 0.05) is 43.5 Å². The van der Waals surface area contributed by atoms with Crippen LogP contribution in [0.1, 0.15) is 48.9 Å². The van der Waals surface area contributed by atoms with Crippen LogP contribution in [0.4, 0.5) is 0 Å². The van der Waals surface area contributed by atoms with Crippen molar-refractivity contribution in [3.8, 4) is 17.2 Å². The maximum absolute atomic E-state index is 10.5. The summed E-state index contributed by atoms with van der Waals surface area (Å²) in [5.74, 6) is 1.94. The van der Waals surface area contributed by atoms with E-state index in [2.05, 4.69) is 23.0 Å². The van der Waals surface area contributed by atoms with Gasteiger partial charge < -0.3 is 19.5 Å². The SMILES string of the molecule is CCOc1cccc2c1OC1(CCN(C)CC1)N1N=C(c3cc(C)ccc3O)C[C@@H]21. The van der Waals surface area contributed by atoms with Crippen LogP contribution in [-0.2, 0) is 0 Å². The molecule has 0 aliphatic carbocycles. The molecule has 1 N–H and O–H groups in total. The molecule has 3 heterocycles. The van der Waals surface area contributed by atoms with Crippen molar-refractivity contribution in [3.05, 3.63) is 53.1 Å². The molecule has 1 atom stereocenters. The Morgan fingerprint density at radius 3 is 2.80 bits per heavy atom. The van der Waals surface area contributed by atoms with Gasteiger partial charge in [-0.05, 0) is 39.1 Å². The number of phenols is 1. The molecule has 0 saturated carbocycles. The number of hydrazone groups is 1. The number of aromatic hydroxyl groups is 1. The van der Waals surface area contributed by atoms with Crippen LogP contribution in [0.3, 0.4) is 0 Å².